The molecule has 0 amide bonds. The molecule has 0 saturated carbocycles. The Kier molecular flexibility index (Phi) is 4.63. The lowest BCUT2D eigenvalue weighted by molar-refractivity contribution is 0.170. The number of hydrogen-bond donors (Lipinski definition) is 0. The van der Waals surface area contributed by atoms with Gasteiger partial charge in [-0.25, -0.2) is 8.42 Å². The van der Waals surface area contributed by atoms with E-state index in [4.69, 9.17) is 5.26 Å². The summed E-state index contributed by atoms with van der Waals surface area (Å²) in [6, 6.07) is 3.75. The van der Waals surface area contributed by atoms with Crippen molar-refractivity contribution in [1.82, 2.24) is 9.21 Å². The van der Waals surface area contributed by atoms with Crippen LogP contribution in [0, 0.1) is 11.3 Å². The Bertz CT molecular complexity index is 585. The minimum Gasteiger partial charge on any atom is -0.286 e. The fraction of sp³-hybridized carbons (Fsp3) is 0.545. The van der Waals surface area contributed by atoms with Gasteiger partial charge < -0.3 is 0 Å². The second kappa shape index (κ2) is 5.89. The van der Waals surface area contributed by atoms with Crippen molar-refractivity contribution in [2.45, 2.75) is 17.2 Å². The molecule has 19 heavy (non-hydrogen) atoms. The molecule has 0 aromatic carbocycles. The third kappa shape index (κ3) is 3.01. The Balaban J connectivity index is 2.10. The monoisotopic (exact) mass is 363 g/mol. The van der Waals surface area contributed by atoms with Crippen LogP contribution in [0.4, 0.5) is 0 Å². The van der Waals surface area contributed by atoms with E-state index in [2.05, 4.69) is 22.0 Å². The van der Waals surface area contributed by atoms with Crippen molar-refractivity contribution in [2.24, 2.45) is 0 Å². The molecule has 0 radical (unpaired) electrons. The summed E-state index contributed by atoms with van der Waals surface area (Å²) in [6.45, 7) is 3.88. The van der Waals surface area contributed by atoms with Crippen molar-refractivity contribution < 1.29 is 8.42 Å². The molecule has 1 aliphatic rings. The highest BCUT2D eigenvalue weighted by Crippen LogP contribution is 2.30. The van der Waals surface area contributed by atoms with E-state index in [1.165, 1.54) is 15.6 Å². The molecule has 0 bridgehead atoms. The van der Waals surface area contributed by atoms with Crippen LogP contribution in [0.5, 0.6) is 0 Å². The Morgan fingerprint density at radius 3 is 2.53 bits per heavy atom. The molecule has 1 saturated heterocycles. The van der Waals surface area contributed by atoms with Gasteiger partial charge in [0.15, 0.2) is 0 Å². The van der Waals surface area contributed by atoms with E-state index in [0.29, 0.717) is 34.9 Å². The van der Waals surface area contributed by atoms with E-state index in [-0.39, 0.29) is 6.04 Å². The standard InChI is InChI=1S/C11H14BrN3O2S2/c1-9(8-13)14-3-5-15(6-4-14)19(16,17)11-10(12)2-7-18-11/h2,7,9H,3-6H2,1H3. The molecule has 8 heteroatoms. The van der Waals surface area contributed by atoms with Crippen LogP contribution in [-0.2, 0) is 10.0 Å². The van der Waals surface area contributed by atoms with Crippen LogP contribution in [0.3, 0.4) is 0 Å². The minimum absolute atomic E-state index is 0.168. The number of nitrogens with zero attached hydrogens (tertiary/aromatic N) is 3. The summed E-state index contributed by atoms with van der Waals surface area (Å²) in [5.74, 6) is 0. The van der Waals surface area contributed by atoms with E-state index in [9.17, 15) is 8.42 Å². The van der Waals surface area contributed by atoms with Crippen LogP contribution < -0.4 is 0 Å². The summed E-state index contributed by atoms with van der Waals surface area (Å²) < 4.78 is 27.3. The summed E-state index contributed by atoms with van der Waals surface area (Å²) in [5.41, 5.74) is 0. The topological polar surface area (TPSA) is 64.4 Å². The fourth-order valence-electron chi connectivity index (χ4n) is 1.99. The fourth-order valence-corrected chi connectivity index (χ4v) is 5.87. The minimum atomic E-state index is -3.41. The molecular weight excluding hydrogens is 350 g/mol. The number of halogens is 1. The van der Waals surface area contributed by atoms with Crippen LogP contribution in [0.2, 0.25) is 0 Å². The van der Waals surface area contributed by atoms with Crippen LogP contribution in [-0.4, -0.2) is 49.8 Å². The van der Waals surface area contributed by atoms with E-state index in [0.717, 1.165) is 0 Å². The smallest absolute Gasteiger partial charge is 0.253 e. The van der Waals surface area contributed by atoms with Gasteiger partial charge in [0, 0.05) is 30.7 Å². The third-order valence-electron chi connectivity index (χ3n) is 3.17. The van der Waals surface area contributed by atoms with Gasteiger partial charge in [-0.3, -0.25) is 4.90 Å². The normalized spacial score (nSPS) is 20.1. The lowest BCUT2D eigenvalue weighted by atomic mass is 10.2. The quantitative estimate of drug-likeness (QED) is 0.820. The highest BCUT2D eigenvalue weighted by Gasteiger charge is 2.31. The van der Waals surface area contributed by atoms with Gasteiger partial charge in [0.25, 0.3) is 10.0 Å². The van der Waals surface area contributed by atoms with Crippen molar-refractivity contribution in [2.75, 3.05) is 26.2 Å². The molecule has 1 aromatic heterocycles. The first-order valence-electron chi connectivity index (χ1n) is 5.83. The number of hydrogen-bond acceptors (Lipinski definition) is 5. The van der Waals surface area contributed by atoms with Crippen LogP contribution in [0.25, 0.3) is 0 Å². The molecule has 1 unspecified atom stereocenters. The number of nitriles is 1. The van der Waals surface area contributed by atoms with Crippen molar-refractivity contribution in [3.05, 3.63) is 15.9 Å². The maximum absolute atomic E-state index is 12.4. The SMILES string of the molecule is CC(C#N)N1CCN(S(=O)(=O)c2sccc2Br)CC1. The summed E-state index contributed by atoms with van der Waals surface area (Å²) in [5, 5.41) is 10.6. The lowest BCUT2D eigenvalue weighted by Crippen LogP contribution is -2.50. The second-order valence-corrected chi connectivity index (χ2v) is 8.20. The zero-order valence-corrected chi connectivity index (χ0v) is 13.6. The van der Waals surface area contributed by atoms with Gasteiger partial charge in [-0.2, -0.15) is 9.57 Å². The number of thiophene rings is 1. The molecule has 0 aliphatic carbocycles. The molecule has 0 spiro atoms. The second-order valence-electron chi connectivity index (χ2n) is 4.30. The molecule has 1 aliphatic heterocycles. The Morgan fingerprint density at radius 2 is 2.05 bits per heavy atom. The first kappa shape index (κ1) is 14.9. The van der Waals surface area contributed by atoms with Gasteiger partial charge in [0.2, 0.25) is 0 Å². The molecule has 2 rings (SSSR count). The lowest BCUT2D eigenvalue weighted by Gasteiger charge is -2.34. The van der Waals surface area contributed by atoms with Crippen LogP contribution in [0.1, 0.15) is 6.92 Å². The van der Waals surface area contributed by atoms with E-state index >= 15 is 0 Å². The van der Waals surface area contributed by atoms with Crippen molar-refractivity contribution in [1.29, 1.82) is 5.26 Å². The van der Waals surface area contributed by atoms with Gasteiger partial charge in [-0.1, -0.05) is 0 Å². The van der Waals surface area contributed by atoms with Gasteiger partial charge in [0.05, 0.1) is 12.1 Å². The van der Waals surface area contributed by atoms with Crippen molar-refractivity contribution in [3.8, 4) is 6.07 Å². The Hall–Kier alpha value is -0.460. The molecule has 1 fully saturated rings. The van der Waals surface area contributed by atoms with E-state index in [1.807, 2.05) is 11.8 Å². The molecule has 1 aromatic rings. The summed E-state index contributed by atoms with van der Waals surface area (Å²) in [7, 11) is -3.41. The Labute approximate surface area is 125 Å². The highest BCUT2D eigenvalue weighted by atomic mass is 79.9. The van der Waals surface area contributed by atoms with E-state index in [1.54, 1.807) is 11.4 Å². The summed E-state index contributed by atoms with van der Waals surface area (Å²) in [6.07, 6.45) is 0. The third-order valence-corrected chi connectivity index (χ3v) is 7.71. The molecule has 0 N–H and O–H groups in total. The van der Waals surface area contributed by atoms with Gasteiger partial charge in [-0.05, 0) is 34.3 Å². The maximum Gasteiger partial charge on any atom is 0.253 e. The largest absolute Gasteiger partial charge is 0.286 e. The maximum atomic E-state index is 12.4. The zero-order chi connectivity index (χ0) is 14.0. The van der Waals surface area contributed by atoms with Gasteiger partial charge in [0.1, 0.15) is 4.21 Å². The molecule has 104 valence electrons. The highest BCUT2D eigenvalue weighted by molar-refractivity contribution is 9.10. The predicted octanol–water partition coefficient (Wildman–Crippen LogP) is 1.73. The average Bonchev–Trinajstić information content (AvgIpc) is 2.85. The summed E-state index contributed by atoms with van der Waals surface area (Å²) >= 11 is 4.49. The van der Waals surface area contributed by atoms with E-state index < -0.39 is 10.0 Å². The first-order chi connectivity index (χ1) is 8.96. The molecule has 2 heterocycles. The Morgan fingerprint density at radius 1 is 1.42 bits per heavy atom. The predicted molar refractivity (Wildman–Crippen MR) is 77.4 cm³/mol. The number of rotatable bonds is 3. The van der Waals surface area contributed by atoms with Crippen LogP contribution in [0.15, 0.2) is 20.1 Å². The van der Waals surface area contributed by atoms with Gasteiger partial charge in [-0.15, -0.1) is 11.3 Å². The van der Waals surface area contributed by atoms with Crippen molar-refractivity contribution in [3.63, 3.8) is 0 Å². The number of sulfonamides is 1. The summed E-state index contributed by atoms with van der Waals surface area (Å²) in [4.78, 5) is 2.00. The first-order valence-corrected chi connectivity index (χ1v) is 8.95. The average molecular weight is 364 g/mol. The zero-order valence-electron chi connectivity index (χ0n) is 10.4. The van der Waals surface area contributed by atoms with Crippen molar-refractivity contribution >= 4 is 37.3 Å². The molecular formula is C11H14BrN3O2S2. The van der Waals surface area contributed by atoms with Crippen LogP contribution >= 0.6 is 27.3 Å². The molecule has 1 atom stereocenters. The number of piperazine rings is 1. The molecule has 5 nitrogen and oxygen atoms in total. The van der Waals surface area contributed by atoms with Gasteiger partial charge >= 0.3 is 0 Å².